The number of ether oxygens (including phenoxy) is 1. The summed E-state index contributed by atoms with van der Waals surface area (Å²) in [6.07, 6.45) is 1.93. The molecule has 0 saturated carbocycles. The number of piperidine rings is 2. The van der Waals surface area contributed by atoms with Crippen LogP contribution in [0, 0.1) is 5.41 Å². The number of likely N-dealkylation sites (tertiary alicyclic amines) is 2. The molecule has 1 aliphatic carbocycles. The Morgan fingerprint density at radius 1 is 1.24 bits per heavy atom. The Balaban J connectivity index is 1.93. The number of fused-ring (bicyclic) bond motifs is 2. The van der Waals surface area contributed by atoms with Crippen LogP contribution in [-0.2, 0) is 26.2 Å². The van der Waals surface area contributed by atoms with Crippen molar-refractivity contribution in [3.63, 3.8) is 0 Å². The van der Waals surface area contributed by atoms with Crippen molar-refractivity contribution in [3.05, 3.63) is 35.4 Å². The summed E-state index contributed by atoms with van der Waals surface area (Å²) in [4.78, 5) is 31.2. The molecule has 134 valence electrons. The number of benzene rings is 1. The molecule has 2 fully saturated rings. The van der Waals surface area contributed by atoms with Crippen molar-refractivity contribution in [3.8, 4) is 0 Å². The first kappa shape index (κ1) is 16.7. The predicted molar refractivity (Wildman–Crippen MR) is 94.4 cm³/mol. The van der Waals surface area contributed by atoms with Crippen molar-refractivity contribution < 1.29 is 14.3 Å². The van der Waals surface area contributed by atoms with Gasteiger partial charge < -0.3 is 14.5 Å². The summed E-state index contributed by atoms with van der Waals surface area (Å²) in [5.74, 6) is -0.286. The quantitative estimate of drug-likeness (QED) is 0.598. The summed E-state index contributed by atoms with van der Waals surface area (Å²) in [6, 6.07) is 8.41. The van der Waals surface area contributed by atoms with Crippen molar-refractivity contribution in [1.29, 1.82) is 0 Å². The first-order valence-corrected chi connectivity index (χ1v) is 9.15. The van der Waals surface area contributed by atoms with Crippen LogP contribution in [0.5, 0.6) is 0 Å². The average molecular weight is 342 g/mol. The fourth-order valence-corrected chi connectivity index (χ4v) is 5.61. The van der Waals surface area contributed by atoms with E-state index in [2.05, 4.69) is 29.0 Å². The Bertz CT molecular complexity index is 733. The average Bonchev–Trinajstić information content (AvgIpc) is 2.58. The van der Waals surface area contributed by atoms with Crippen LogP contribution in [0.25, 0.3) is 0 Å². The van der Waals surface area contributed by atoms with Crippen LogP contribution in [0.1, 0.15) is 24.5 Å². The maximum atomic E-state index is 13.9. The SMILES string of the molecule is CCOC(=O)C12CN(C)CC3(C1=O)c1ccccc1CCC3N(C)C2. The molecule has 1 spiro atoms. The molecule has 0 N–H and O–H groups in total. The molecule has 25 heavy (non-hydrogen) atoms. The van der Waals surface area contributed by atoms with Crippen LogP contribution in [0.2, 0.25) is 0 Å². The second kappa shape index (κ2) is 5.64. The van der Waals surface area contributed by atoms with Crippen molar-refractivity contribution >= 4 is 11.8 Å². The highest BCUT2D eigenvalue weighted by atomic mass is 16.5. The van der Waals surface area contributed by atoms with Gasteiger partial charge in [0.1, 0.15) is 0 Å². The molecule has 1 aromatic carbocycles. The minimum atomic E-state index is -1.08. The van der Waals surface area contributed by atoms with Crippen LogP contribution in [0.15, 0.2) is 24.3 Å². The zero-order valence-electron chi connectivity index (χ0n) is 15.2. The second-order valence-corrected chi connectivity index (χ2v) is 7.90. The summed E-state index contributed by atoms with van der Waals surface area (Å²) in [5, 5.41) is 0. The van der Waals surface area contributed by atoms with E-state index in [4.69, 9.17) is 4.74 Å². The predicted octanol–water partition coefficient (Wildman–Crippen LogP) is 1.25. The van der Waals surface area contributed by atoms with Gasteiger partial charge in [-0.15, -0.1) is 0 Å². The number of aryl methyl sites for hydroxylation is 1. The molecule has 2 saturated heterocycles. The van der Waals surface area contributed by atoms with Gasteiger partial charge in [-0.25, -0.2) is 0 Å². The van der Waals surface area contributed by atoms with Crippen LogP contribution < -0.4 is 0 Å². The van der Waals surface area contributed by atoms with Gasteiger partial charge in [0.2, 0.25) is 0 Å². The van der Waals surface area contributed by atoms with E-state index in [1.807, 2.05) is 19.2 Å². The van der Waals surface area contributed by atoms with Gasteiger partial charge in [0, 0.05) is 25.7 Å². The van der Waals surface area contributed by atoms with Gasteiger partial charge in [-0.3, -0.25) is 9.59 Å². The van der Waals surface area contributed by atoms with Crippen molar-refractivity contribution in [1.82, 2.24) is 9.80 Å². The van der Waals surface area contributed by atoms with Gasteiger partial charge in [-0.1, -0.05) is 24.3 Å². The van der Waals surface area contributed by atoms with Crippen LogP contribution in [-0.4, -0.2) is 67.9 Å². The van der Waals surface area contributed by atoms with Crippen LogP contribution in [0.4, 0.5) is 0 Å². The number of carbonyl (C=O) groups excluding carboxylic acids is 2. The van der Waals surface area contributed by atoms with E-state index in [0.29, 0.717) is 26.2 Å². The smallest absolute Gasteiger partial charge is 0.322 e. The zero-order chi connectivity index (χ0) is 17.8. The van der Waals surface area contributed by atoms with E-state index < -0.39 is 10.8 Å². The van der Waals surface area contributed by atoms with E-state index in [-0.39, 0.29) is 17.8 Å². The third-order valence-electron chi connectivity index (χ3n) is 6.37. The molecular weight excluding hydrogens is 316 g/mol. The molecule has 4 rings (SSSR count). The summed E-state index contributed by atoms with van der Waals surface area (Å²) in [7, 11) is 4.07. The number of rotatable bonds is 2. The van der Waals surface area contributed by atoms with Crippen molar-refractivity contribution in [2.24, 2.45) is 5.41 Å². The first-order valence-electron chi connectivity index (χ1n) is 9.15. The fourth-order valence-electron chi connectivity index (χ4n) is 5.61. The standard InChI is InChI=1S/C20H26N2O3/c1-4-25-18(24)19-11-21(2)13-20(17(19)23)15-8-6-5-7-14(15)9-10-16(20)22(3)12-19/h5-8,16H,4,9-13H2,1-3H3. The number of carbonyl (C=O) groups is 2. The molecule has 2 heterocycles. The highest BCUT2D eigenvalue weighted by Crippen LogP contribution is 2.51. The zero-order valence-corrected chi connectivity index (χ0v) is 15.2. The lowest BCUT2D eigenvalue weighted by Gasteiger charge is -2.60. The molecule has 3 unspecified atom stereocenters. The molecule has 2 bridgehead atoms. The van der Waals surface area contributed by atoms with E-state index in [9.17, 15) is 9.59 Å². The van der Waals surface area contributed by atoms with Crippen LogP contribution in [0.3, 0.4) is 0 Å². The minimum absolute atomic E-state index is 0.0757. The number of ketones is 1. The Morgan fingerprint density at radius 2 is 2.00 bits per heavy atom. The van der Waals surface area contributed by atoms with Gasteiger partial charge in [0.05, 0.1) is 12.0 Å². The number of Topliss-reactive ketones (excluding diaryl/α,β-unsaturated/α-hetero) is 1. The summed E-state index contributed by atoms with van der Waals surface area (Å²) < 4.78 is 5.38. The third kappa shape index (κ3) is 2.09. The monoisotopic (exact) mass is 342 g/mol. The molecule has 0 amide bonds. The normalized spacial score (nSPS) is 35.0. The number of hydrogen-bond acceptors (Lipinski definition) is 5. The van der Waals surface area contributed by atoms with Gasteiger partial charge in [0.25, 0.3) is 0 Å². The Hall–Kier alpha value is -1.72. The van der Waals surface area contributed by atoms with Crippen molar-refractivity contribution in [2.75, 3.05) is 40.3 Å². The number of nitrogens with zero attached hydrogens (tertiary/aromatic N) is 2. The third-order valence-corrected chi connectivity index (χ3v) is 6.37. The first-order chi connectivity index (χ1) is 12.0. The number of esters is 1. The van der Waals surface area contributed by atoms with Gasteiger partial charge >= 0.3 is 5.97 Å². The Kier molecular flexibility index (Phi) is 3.78. The molecule has 3 aliphatic rings. The molecule has 0 radical (unpaired) electrons. The number of hydrogen-bond donors (Lipinski definition) is 0. The molecule has 5 heteroatoms. The second-order valence-electron chi connectivity index (χ2n) is 7.90. The van der Waals surface area contributed by atoms with Crippen molar-refractivity contribution in [2.45, 2.75) is 31.2 Å². The Labute approximate surface area is 148 Å². The van der Waals surface area contributed by atoms with E-state index in [1.54, 1.807) is 6.92 Å². The molecule has 3 atom stereocenters. The highest BCUT2D eigenvalue weighted by molar-refractivity contribution is 6.11. The topological polar surface area (TPSA) is 49.9 Å². The van der Waals surface area contributed by atoms with Gasteiger partial charge in [-0.05, 0) is 45.0 Å². The molecule has 5 nitrogen and oxygen atoms in total. The van der Waals surface area contributed by atoms with Gasteiger partial charge in [-0.2, -0.15) is 0 Å². The lowest BCUT2D eigenvalue weighted by atomic mass is 9.53. The van der Waals surface area contributed by atoms with E-state index in [0.717, 1.165) is 18.4 Å². The Morgan fingerprint density at radius 3 is 2.76 bits per heavy atom. The molecule has 2 aliphatic heterocycles. The van der Waals surface area contributed by atoms with E-state index in [1.165, 1.54) is 5.56 Å². The highest BCUT2D eigenvalue weighted by Gasteiger charge is 2.68. The maximum absolute atomic E-state index is 13.9. The minimum Gasteiger partial charge on any atom is -0.465 e. The largest absolute Gasteiger partial charge is 0.465 e. The van der Waals surface area contributed by atoms with Gasteiger partial charge in [0.15, 0.2) is 11.2 Å². The fraction of sp³-hybridized carbons (Fsp3) is 0.600. The lowest BCUT2D eigenvalue weighted by Crippen LogP contribution is -2.77. The molecule has 0 aromatic heterocycles. The summed E-state index contributed by atoms with van der Waals surface area (Å²) in [6.45, 7) is 3.65. The maximum Gasteiger partial charge on any atom is 0.322 e. The molecule has 1 aromatic rings. The van der Waals surface area contributed by atoms with Crippen LogP contribution >= 0.6 is 0 Å². The summed E-state index contributed by atoms with van der Waals surface area (Å²) in [5.41, 5.74) is 0.638. The van der Waals surface area contributed by atoms with E-state index >= 15 is 0 Å². The molecular formula is C20H26N2O3. The number of likely N-dealkylation sites (N-methyl/N-ethyl adjacent to an activating group) is 2. The lowest BCUT2D eigenvalue weighted by molar-refractivity contribution is -0.178. The summed E-state index contributed by atoms with van der Waals surface area (Å²) >= 11 is 0.